The fraction of sp³-hybridized carbons (Fsp3) is 0.259. The van der Waals surface area contributed by atoms with Crippen molar-refractivity contribution in [3.8, 4) is 0 Å². The van der Waals surface area contributed by atoms with Gasteiger partial charge in [-0.25, -0.2) is 4.90 Å². The number of carbonyl (C=O) groups excluding carboxylic acids is 2. The summed E-state index contributed by atoms with van der Waals surface area (Å²) < 4.78 is 0.764. The van der Waals surface area contributed by atoms with Gasteiger partial charge in [0.05, 0.1) is 17.5 Å². The standard InChI is InChI=1S/C27H22BrNO2/c1-14(2)15-11-12-18-19(13-15)23-17-8-4-3-7-16(17)22(18)24-25(23)27(31)29(26(24)30)21-10-6-5-9-20(21)28/h3-14,22-25H,1-2H3. The van der Waals surface area contributed by atoms with E-state index in [4.69, 9.17) is 0 Å². The van der Waals surface area contributed by atoms with Gasteiger partial charge in [0.25, 0.3) is 0 Å². The molecule has 7 rings (SSSR count). The SMILES string of the molecule is CC(C)c1ccc2c(c1)C1c3ccccc3C2C2C(=O)N(c3ccccc3Br)C(=O)C12. The lowest BCUT2D eigenvalue weighted by atomic mass is 9.54. The maximum absolute atomic E-state index is 13.8. The summed E-state index contributed by atoms with van der Waals surface area (Å²) in [6, 6.07) is 22.5. The number of hydrogen-bond donors (Lipinski definition) is 0. The number of carbonyl (C=O) groups is 2. The first-order chi connectivity index (χ1) is 15.0. The summed E-state index contributed by atoms with van der Waals surface area (Å²) >= 11 is 3.54. The lowest BCUT2D eigenvalue weighted by Crippen LogP contribution is -2.41. The molecule has 1 fully saturated rings. The number of benzene rings is 3. The molecule has 0 radical (unpaired) electrons. The van der Waals surface area contributed by atoms with Crippen LogP contribution in [0.15, 0.2) is 71.2 Å². The van der Waals surface area contributed by atoms with Crippen molar-refractivity contribution in [1.82, 2.24) is 0 Å². The zero-order valence-corrected chi connectivity index (χ0v) is 19.0. The van der Waals surface area contributed by atoms with Crippen LogP contribution in [-0.4, -0.2) is 11.8 Å². The van der Waals surface area contributed by atoms with E-state index in [1.54, 1.807) is 0 Å². The van der Waals surface area contributed by atoms with Gasteiger partial charge in [-0.3, -0.25) is 9.59 Å². The van der Waals surface area contributed by atoms with Crippen LogP contribution in [0.3, 0.4) is 0 Å². The van der Waals surface area contributed by atoms with E-state index in [9.17, 15) is 9.59 Å². The Hall–Kier alpha value is -2.72. The molecule has 4 atom stereocenters. The summed E-state index contributed by atoms with van der Waals surface area (Å²) in [4.78, 5) is 29.0. The van der Waals surface area contributed by atoms with E-state index in [0.717, 1.165) is 4.47 Å². The minimum Gasteiger partial charge on any atom is -0.274 e. The Bertz CT molecular complexity index is 1260. The predicted molar refractivity (Wildman–Crippen MR) is 124 cm³/mol. The van der Waals surface area contributed by atoms with Crippen LogP contribution in [0.5, 0.6) is 0 Å². The Labute approximate surface area is 190 Å². The zero-order valence-electron chi connectivity index (χ0n) is 17.4. The van der Waals surface area contributed by atoms with Crippen LogP contribution < -0.4 is 4.90 Å². The number of amides is 2. The third-order valence-electron chi connectivity index (χ3n) is 7.32. The van der Waals surface area contributed by atoms with Gasteiger partial charge in [-0.15, -0.1) is 0 Å². The highest BCUT2D eigenvalue weighted by Gasteiger charge is 2.62. The Morgan fingerprint density at radius 1 is 0.742 bits per heavy atom. The van der Waals surface area contributed by atoms with E-state index in [1.165, 1.54) is 32.7 Å². The molecule has 0 aromatic heterocycles. The highest BCUT2D eigenvalue weighted by molar-refractivity contribution is 9.10. The van der Waals surface area contributed by atoms with Crippen LogP contribution in [0.4, 0.5) is 5.69 Å². The maximum atomic E-state index is 13.8. The second-order valence-corrected chi connectivity index (χ2v) is 10.00. The van der Waals surface area contributed by atoms with E-state index in [-0.39, 0.29) is 35.5 Å². The van der Waals surface area contributed by atoms with Crippen LogP contribution in [0.2, 0.25) is 0 Å². The lowest BCUT2D eigenvalue weighted by molar-refractivity contribution is -0.122. The summed E-state index contributed by atoms with van der Waals surface area (Å²) in [5.41, 5.74) is 6.77. The molecule has 31 heavy (non-hydrogen) atoms. The van der Waals surface area contributed by atoms with Gasteiger partial charge in [0.2, 0.25) is 11.8 Å². The van der Waals surface area contributed by atoms with Crippen molar-refractivity contribution in [2.75, 3.05) is 4.90 Å². The third kappa shape index (κ3) is 2.45. The fourth-order valence-electron chi connectivity index (χ4n) is 5.98. The van der Waals surface area contributed by atoms with Gasteiger partial charge < -0.3 is 0 Å². The van der Waals surface area contributed by atoms with Gasteiger partial charge >= 0.3 is 0 Å². The van der Waals surface area contributed by atoms with Crippen molar-refractivity contribution >= 4 is 33.4 Å². The number of halogens is 1. The van der Waals surface area contributed by atoms with Crippen molar-refractivity contribution in [3.05, 3.63) is 99.0 Å². The maximum Gasteiger partial charge on any atom is 0.238 e. The predicted octanol–water partition coefficient (Wildman–Crippen LogP) is 5.97. The molecule has 4 aliphatic rings. The molecule has 0 N–H and O–H groups in total. The van der Waals surface area contributed by atoms with Crippen LogP contribution in [-0.2, 0) is 9.59 Å². The molecule has 3 aromatic carbocycles. The minimum absolute atomic E-state index is 0.0768. The van der Waals surface area contributed by atoms with Gasteiger partial charge in [0.1, 0.15) is 0 Å². The van der Waals surface area contributed by atoms with E-state index < -0.39 is 0 Å². The highest BCUT2D eigenvalue weighted by Crippen LogP contribution is 2.61. The van der Waals surface area contributed by atoms with Crippen LogP contribution in [0.25, 0.3) is 0 Å². The van der Waals surface area contributed by atoms with E-state index in [0.29, 0.717) is 11.6 Å². The van der Waals surface area contributed by atoms with Gasteiger partial charge in [0.15, 0.2) is 0 Å². The second kappa shape index (κ2) is 6.64. The Balaban J connectivity index is 1.58. The molecule has 1 saturated heterocycles. The first-order valence-electron chi connectivity index (χ1n) is 10.8. The van der Waals surface area contributed by atoms with Gasteiger partial charge in [-0.05, 0) is 61.8 Å². The largest absolute Gasteiger partial charge is 0.274 e. The first-order valence-corrected chi connectivity index (χ1v) is 11.6. The Kier molecular flexibility index (Phi) is 4.07. The summed E-state index contributed by atoms with van der Waals surface area (Å²) in [6.07, 6.45) is 0. The molecule has 4 heteroatoms. The van der Waals surface area contributed by atoms with Crippen LogP contribution in [0, 0.1) is 11.8 Å². The molecule has 3 aliphatic carbocycles. The number of nitrogens with zero attached hydrogens (tertiary/aromatic N) is 1. The van der Waals surface area contributed by atoms with Crippen molar-refractivity contribution in [2.24, 2.45) is 11.8 Å². The molecule has 2 bridgehead atoms. The van der Waals surface area contributed by atoms with Crippen molar-refractivity contribution in [2.45, 2.75) is 31.6 Å². The molecule has 1 aliphatic heterocycles. The molecule has 3 nitrogen and oxygen atoms in total. The fourth-order valence-corrected chi connectivity index (χ4v) is 6.44. The van der Waals surface area contributed by atoms with Gasteiger partial charge in [-0.2, -0.15) is 0 Å². The lowest BCUT2D eigenvalue weighted by Gasteiger charge is -2.46. The zero-order chi connectivity index (χ0) is 21.4. The molecule has 0 spiro atoms. The first kappa shape index (κ1) is 19.0. The average Bonchev–Trinajstić information content (AvgIpc) is 3.04. The molecule has 4 unspecified atom stereocenters. The summed E-state index contributed by atoms with van der Waals surface area (Å²) in [5, 5.41) is 0. The molecule has 2 amide bonds. The van der Waals surface area contributed by atoms with Crippen molar-refractivity contribution in [3.63, 3.8) is 0 Å². The quantitative estimate of drug-likeness (QED) is 0.431. The van der Waals surface area contributed by atoms with Crippen molar-refractivity contribution < 1.29 is 9.59 Å². The average molecular weight is 472 g/mol. The van der Waals surface area contributed by atoms with E-state index in [2.05, 4.69) is 60.1 Å². The minimum atomic E-state index is -0.352. The van der Waals surface area contributed by atoms with E-state index in [1.807, 2.05) is 36.4 Å². The summed E-state index contributed by atoms with van der Waals surface area (Å²) in [7, 11) is 0. The highest BCUT2D eigenvalue weighted by atomic mass is 79.9. The number of anilines is 1. The summed E-state index contributed by atoms with van der Waals surface area (Å²) in [5.74, 6) is -0.604. The monoisotopic (exact) mass is 471 g/mol. The van der Waals surface area contributed by atoms with Crippen LogP contribution in [0.1, 0.15) is 59.4 Å². The number of para-hydroxylation sites is 1. The Morgan fingerprint density at radius 2 is 1.29 bits per heavy atom. The molecule has 0 saturated carbocycles. The third-order valence-corrected chi connectivity index (χ3v) is 7.99. The van der Waals surface area contributed by atoms with Crippen molar-refractivity contribution in [1.29, 1.82) is 0 Å². The van der Waals surface area contributed by atoms with Gasteiger partial charge in [0, 0.05) is 16.3 Å². The molecule has 3 aromatic rings. The smallest absolute Gasteiger partial charge is 0.238 e. The molecular weight excluding hydrogens is 450 g/mol. The molecule has 154 valence electrons. The number of imide groups is 1. The number of rotatable bonds is 2. The molecular formula is C27H22BrNO2. The topological polar surface area (TPSA) is 37.4 Å². The Morgan fingerprint density at radius 3 is 1.90 bits per heavy atom. The normalized spacial score (nSPS) is 25.6. The summed E-state index contributed by atoms with van der Waals surface area (Å²) in [6.45, 7) is 4.39. The van der Waals surface area contributed by atoms with Gasteiger partial charge in [-0.1, -0.05) is 68.4 Å². The van der Waals surface area contributed by atoms with E-state index >= 15 is 0 Å². The molecule has 1 heterocycles. The number of hydrogen-bond acceptors (Lipinski definition) is 2. The van der Waals surface area contributed by atoms with Crippen LogP contribution >= 0.6 is 15.9 Å². The second-order valence-electron chi connectivity index (χ2n) is 9.14.